The number of Topliss-reactive ketones (excluding diaryl/α,β-unsaturated/α-hetero) is 1. The van der Waals surface area contributed by atoms with Crippen molar-refractivity contribution in [2.45, 2.75) is 38.4 Å². The summed E-state index contributed by atoms with van der Waals surface area (Å²) in [5.74, 6) is 2.52. The number of pyridine rings is 1. The van der Waals surface area contributed by atoms with Crippen LogP contribution < -0.4 is 9.47 Å². The third-order valence-corrected chi connectivity index (χ3v) is 6.85. The van der Waals surface area contributed by atoms with Gasteiger partial charge in [-0.1, -0.05) is 36.4 Å². The van der Waals surface area contributed by atoms with Gasteiger partial charge in [-0.2, -0.15) is 0 Å². The van der Waals surface area contributed by atoms with Gasteiger partial charge in [-0.05, 0) is 60.4 Å². The van der Waals surface area contributed by atoms with Crippen molar-refractivity contribution in [3.05, 3.63) is 119 Å². The van der Waals surface area contributed by atoms with Crippen molar-refractivity contribution in [2.75, 3.05) is 0 Å². The first kappa shape index (κ1) is 23.0. The lowest BCUT2D eigenvalue weighted by atomic mass is 9.87. The Balaban J connectivity index is 1.35. The molecule has 0 bridgehead atoms. The molecule has 0 fully saturated rings. The molecule has 37 heavy (non-hydrogen) atoms. The average molecular weight is 490 g/mol. The van der Waals surface area contributed by atoms with Gasteiger partial charge >= 0.3 is 0 Å². The summed E-state index contributed by atoms with van der Waals surface area (Å²) in [6, 6.07) is 23.8. The fourth-order valence-electron chi connectivity index (χ4n) is 4.98. The van der Waals surface area contributed by atoms with Crippen LogP contribution in [0.5, 0.6) is 11.5 Å². The number of ether oxygens (including phenoxy) is 2. The van der Waals surface area contributed by atoms with Crippen LogP contribution in [-0.4, -0.2) is 20.7 Å². The average Bonchev–Trinajstić information content (AvgIpc) is 3.46. The maximum atomic E-state index is 12.7. The molecule has 1 atom stereocenters. The molecule has 0 unspecified atom stereocenters. The predicted octanol–water partition coefficient (Wildman–Crippen LogP) is 6.42. The minimum Gasteiger partial charge on any atom is -0.489 e. The van der Waals surface area contributed by atoms with E-state index in [0.717, 1.165) is 63.3 Å². The Morgan fingerprint density at radius 1 is 0.919 bits per heavy atom. The topological polar surface area (TPSA) is 77.1 Å². The Labute approximate surface area is 215 Å². The standard InChI is InChI=1S/C31H27N3O3/c35-28-10-4-9-24-25(28)12-14-29(26(24)20-36-23-11-13-27-22(18-23)8-5-15-32-27)37-30(19-31-33-16-17-34-31)21-6-2-1-3-7-21/h1-3,5-8,11-18,30H,4,9-10,19-20H2,(H,33,34)/t30-/m0/s1. The molecule has 6 rings (SSSR count). The monoisotopic (exact) mass is 489 g/mol. The maximum absolute atomic E-state index is 12.7. The summed E-state index contributed by atoms with van der Waals surface area (Å²) >= 11 is 0. The number of ketones is 1. The van der Waals surface area contributed by atoms with Crippen molar-refractivity contribution < 1.29 is 14.3 Å². The number of hydrogen-bond acceptors (Lipinski definition) is 5. The normalized spacial score (nSPS) is 13.8. The zero-order valence-corrected chi connectivity index (χ0v) is 20.4. The molecule has 3 aromatic carbocycles. The van der Waals surface area contributed by atoms with Gasteiger partial charge in [0.15, 0.2) is 5.78 Å². The number of aromatic amines is 1. The number of nitrogens with one attached hydrogen (secondary N) is 1. The summed E-state index contributed by atoms with van der Waals surface area (Å²) in [5.41, 5.74) is 4.72. The molecule has 0 aliphatic heterocycles. The second-order valence-electron chi connectivity index (χ2n) is 9.25. The van der Waals surface area contributed by atoms with Crippen LogP contribution >= 0.6 is 0 Å². The van der Waals surface area contributed by atoms with Gasteiger partial charge in [0, 0.05) is 47.9 Å². The van der Waals surface area contributed by atoms with E-state index in [0.29, 0.717) is 19.4 Å². The molecule has 1 aliphatic carbocycles. The lowest BCUT2D eigenvalue weighted by Gasteiger charge is -2.25. The van der Waals surface area contributed by atoms with Gasteiger partial charge in [0.1, 0.15) is 30.0 Å². The molecule has 0 saturated carbocycles. The third kappa shape index (κ3) is 4.96. The molecule has 2 aromatic heterocycles. The fourth-order valence-corrected chi connectivity index (χ4v) is 4.98. The number of carbonyl (C=O) groups excluding carboxylic acids is 1. The highest BCUT2D eigenvalue weighted by atomic mass is 16.5. The molecule has 1 N–H and O–H groups in total. The number of nitrogens with zero attached hydrogens (tertiary/aromatic N) is 2. The van der Waals surface area contributed by atoms with Gasteiger partial charge in [-0.15, -0.1) is 0 Å². The summed E-state index contributed by atoms with van der Waals surface area (Å²) in [7, 11) is 0. The number of H-pyrrole nitrogens is 1. The summed E-state index contributed by atoms with van der Waals surface area (Å²) in [6.45, 7) is 0.305. The Morgan fingerprint density at radius 3 is 2.70 bits per heavy atom. The summed E-state index contributed by atoms with van der Waals surface area (Å²) in [4.78, 5) is 24.7. The highest BCUT2D eigenvalue weighted by Crippen LogP contribution is 2.35. The second-order valence-corrected chi connectivity index (χ2v) is 9.25. The van der Waals surface area contributed by atoms with Crippen LogP contribution in [0.2, 0.25) is 0 Å². The van der Waals surface area contributed by atoms with Gasteiger partial charge < -0.3 is 14.5 Å². The van der Waals surface area contributed by atoms with Crippen LogP contribution in [0.3, 0.4) is 0 Å². The Bertz CT molecular complexity index is 1530. The summed E-state index contributed by atoms with van der Waals surface area (Å²) in [6.07, 6.45) is 7.92. The molecule has 0 spiro atoms. The van der Waals surface area contributed by atoms with Crippen molar-refractivity contribution in [3.8, 4) is 11.5 Å². The van der Waals surface area contributed by atoms with E-state index in [1.807, 2.05) is 66.9 Å². The number of fused-ring (bicyclic) bond motifs is 2. The van der Waals surface area contributed by atoms with E-state index >= 15 is 0 Å². The SMILES string of the molecule is O=C1CCCc2c1ccc(O[C@@H](Cc1ncc[nH]1)c1ccccc1)c2COc1ccc2ncccc2c1. The number of imidazole rings is 1. The fraction of sp³-hybridized carbons (Fsp3) is 0.194. The number of carbonyl (C=O) groups is 1. The molecule has 2 heterocycles. The third-order valence-electron chi connectivity index (χ3n) is 6.85. The Kier molecular flexibility index (Phi) is 6.38. The quantitative estimate of drug-likeness (QED) is 0.272. The lowest BCUT2D eigenvalue weighted by Crippen LogP contribution is -2.18. The molecule has 184 valence electrons. The molecule has 6 nitrogen and oxygen atoms in total. The Hall–Kier alpha value is -4.45. The Morgan fingerprint density at radius 2 is 1.84 bits per heavy atom. The van der Waals surface area contributed by atoms with E-state index in [-0.39, 0.29) is 11.9 Å². The van der Waals surface area contributed by atoms with E-state index in [4.69, 9.17) is 9.47 Å². The van der Waals surface area contributed by atoms with E-state index in [9.17, 15) is 4.79 Å². The molecule has 0 amide bonds. The molecular formula is C31H27N3O3. The first-order valence-corrected chi connectivity index (χ1v) is 12.6. The largest absolute Gasteiger partial charge is 0.489 e. The maximum Gasteiger partial charge on any atom is 0.163 e. The molecule has 0 radical (unpaired) electrons. The number of benzene rings is 3. The van der Waals surface area contributed by atoms with E-state index < -0.39 is 0 Å². The van der Waals surface area contributed by atoms with Crippen LogP contribution in [0.25, 0.3) is 10.9 Å². The van der Waals surface area contributed by atoms with Crippen LogP contribution in [0.15, 0.2) is 91.4 Å². The van der Waals surface area contributed by atoms with Gasteiger partial charge in [0.05, 0.1) is 5.52 Å². The van der Waals surface area contributed by atoms with E-state index in [1.165, 1.54) is 0 Å². The van der Waals surface area contributed by atoms with Crippen LogP contribution in [0.1, 0.15) is 51.8 Å². The summed E-state index contributed by atoms with van der Waals surface area (Å²) in [5, 5.41) is 1.02. The second kappa shape index (κ2) is 10.3. The lowest BCUT2D eigenvalue weighted by molar-refractivity contribution is 0.0971. The molecule has 6 heteroatoms. The zero-order valence-electron chi connectivity index (χ0n) is 20.4. The highest BCUT2D eigenvalue weighted by Gasteiger charge is 2.25. The van der Waals surface area contributed by atoms with Crippen LogP contribution in [-0.2, 0) is 19.4 Å². The molecular weight excluding hydrogens is 462 g/mol. The number of rotatable bonds is 8. The van der Waals surface area contributed by atoms with E-state index in [2.05, 4.69) is 27.1 Å². The van der Waals surface area contributed by atoms with Gasteiger partial charge in [0.25, 0.3) is 0 Å². The number of hydrogen-bond donors (Lipinski definition) is 1. The highest BCUT2D eigenvalue weighted by molar-refractivity contribution is 5.99. The van der Waals surface area contributed by atoms with Gasteiger partial charge in [0.2, 0.25) is 0 Å². The predicted molar refractivity (Wildman–Crippen MR) is 142 cm³/mol. The molecule has 1 aliphatic rings. The summed E-state index contributed by atoms with van der Waals surface area (Å²) < 4.78 is 13.0. The zero-order chi connectivity index (χ0) is 25.0. The van der Waals surface area contributed by atoms with Crippen molar-refractivity contribution >= 4 is 16.7 Å². The molecule has 5 aromatic rings. The van der Waals surface area contributed by atoms with Gasteiger partial charge in [-0.25, -0.2) is 4.98 Å². The van der Waals surface area contributed by atoms with Crippen molar-refractivity contribution in [1.29, 1.82) is 0 Å². The van der Waals surface area contributed by atoms with Crippen LogP contribution in [0.4, 0.5) is 0 Å². The van der Waals surface area contributed by atoms with Gasteiger partial charge in [-0.3, -0.25) is 9.78 Å². The van der Waals surface area contributed by atoms with Crippen molar-refractivity contribution in [3.63, 3.8) is 0 Å². The van der Waals surface area contributed by atoms with E-state index in [1.54, 1.807) is 12.4 Å². The smallest absolute Gasteiger partial charge is 0.163 e. The molecule has 0 saturated heterocycles. The number of aromatic nitrogens is 3. The van der Waals surface area contributed by atoms with Crippen molar-refractivity contribution in [1.82, 2.24) is 15.0 Å². The first-order valence-electron chi connectivity index (χ1n) is 12.6. The first-order chi connectivity index (χ1) is 18.2. The minimum atomic E-state index is -0.254. The minimum absolute atomic E-state index is 0.182. The van der Waals surface area contributed by atoms with Crippen LogP contribution in [0, 0.1) is 0 Å². The van der Waals surface area contributed by atoms with Crippen molar-refractivity contribution in [2.24, 2.45) is 0 Å².